The number of nitrogens with zero attached hydrogens (tertiary/aromatic N) is 1. The van der Waals surface area contributed by atoms with Gasteiger partial charge in [-0.3, -0.25) is 4.79 Å². The lowest BCUT2D eigenvalue weighted by Gasteiger charge is -2.49. The Morgan fingerprint density at radius 2 is 1.75 bits per heavy atom. The molecule has 0 aromatic rings. The Morgan fingerprint density at radius 1 is 1.25 bits per heavy atom. The third kappa shape index (κ3) is 1.08. The number of likely N-dealkylation sites (N-methyl/N-ethyl adjacent to an activating group) is 1. The number of morpholine rings is 1. The van der Waals surface area contributed by atoms with Crippen LogP contribution in [0.25, 0.3) is 0 Å². The number of rotatable bonds is 0. The summed E-state index contributed by atoms with van der Waals surface area (Å²) in [4.78, 5) is 11.3. The molecule has 3 nitrogen and oxygen atoms in total. The Morgan fingerprint density at radius 3 is 2.25 bits per heavy atom. The largest absolute Gasteiger partial charge is 0.369 e. The molecule has 0 amide bonds. The van der Waals surface area contributed by atoms with Gasteiger partial charge < -0.3 is 9.22 Å². The minimum absolute atomic E-state index is 0.407. The fourth-order valence-corrected chi connectivity index (χ4v) is 2.22. The summed E-state index contributed by atoms with van der Waals surface area (Å²) in [5.41, 5.74) is 0. The van der Waals surface area contributed by atoms with E-state index in [1.54, 1.807) is 0 Å². The zero-order valence-electron chi connectivity index (χ0n) is 7.75. The zero-order valence-corrected chi connectivity index (χ0v) is 7.75. The minimum Gasteiger partial charge on any atom is -0.369 e. The van der Waals surface area contributed by atoms with Crippen molar-refractivity contribution in [1.29, 1.82) is 0 Å². The maximum Gasteiger partial charge on any atom is 0.144 e. The van der Waals surface area contributed by atoms with E-state index in [0.717, 1.165) is 17.7 Å². The summed E-state index contributed by atoms with van der Waals surface area (Å²) in [6, 6.07) is 0.815. The van der Waals surface area contributed by atoms with Crippen LogP contribution in [0, 0.1) is 0 Å². The molecule has 2 bridgehead atoms. The second-order valence-electron chi connectivity index (χ2n) is 4.42. The van der Waals surface area contributed by atoms with Gasteiger partial charge in [0.05, 0.1) is 40.2 Å². The molecule has 0 N–H and O–H groups in total. The SMILES string of the molecule is C[N+]1(C)[C@H]2COC[C@H]1CC(=O)C2. The highest BCUT2D eigenvalue weighted by Gasteiger charge is 2.46. The van der Waals surface area contributed by atoms with Crippen molar-refractivity contribution in [2.45, 2.75) is 24.9 Å². The molecule has 0 radical (unpaired) electrons. The maximum atomic E-state index is 11.3. The van der Waals surface area contributed by atoms with Crippen molar-refractivity contribution in [3.8, 4) is 0 Å². The van der Waals surface area contributed by atoms with E-state index in [-0.39, 0.29) is 0 Å². The van der Waals surface area contributed by atoms with E-state index in [1.807, 2.05) is 0 Å². The monoisotopic (exact) mass is 170 g/mol. The van der Waals surface area contributed by atoms with Gasteiger partial charge in [0.2, 0.25) is 0 Å². The average molecular weight is 170 g/mol. The first-order chi connectivity index (χ1) is 5.60. The maximum absolute atomic E-state index is 11.3. The number of Topliss-reactive ketones (excluding diaryl/α,β-unsaturated/α-hetero) is 1. The van der Waals surface area contributed by atoms with Gasteiger partial charge in [-0.05, 0) is 0 Å². The van der Waals surface area contributed by atoms with Gasteiger partial charge >= 0.3 is 0 Å². The summed E-state index contributed by atoms with van der Waals surface area (Å²) in [6.45, 7) is 1.52. The predicted octanol–water partition coefficient (Wildman–Crippen LogP) is 0.193. The first-order valence-electron chi connectivity index (χ1n) is 4.53. The van der Waals surface area contributed by atoms with Crippen LogP contribution in [0.5, 0.6) is 0 Å². The molecule has 2 fully saturated rings. The highest BCUT2D eigenvalue weighted by molar-refractivity contribution is 5.80. The molecule has 3 heteroatoms. The number of hydrogen-bond donors (Lipinski definition) is 0. The van der Waals surface area contributed by atoms with Crippen molar-refractivity contribution < 1.29 is 14.0 Å². The Balaban J connectivity index is 2.23. The normalized spacial score (nSPS) is 39.7. The molecule has 2 atom stereocenters. The fourth-order valence-electron chi connectivity index (χ4n) is 2.22. The predicted molar refractivity (Wildman–Crippen MR) is 44.7 cm³/mol. The van der Waals surface area contributed by atoms with Gasteiger partial charge in [-0.2, -0.15) is 0 Å². The number of piperidine rings is 1. The molecule has 2 saturated heterocycles. The highest BCUT2D eigenvalue weighted by atomic mass is 16.5. The number of fused-ring (bicyclic) bond motifs is 2. The molecule has 0 spiro atoms. The van der Waals surface area contributed by atoms with Crippen molar-refractivity contribution in [3.63, 3.8) is 0 Å². The van der Waals surface area contributed by atoms with Crippen molar-refractivity contribution >= 4 is 5.78 Å². The average Bonchev–Trinajstić information content (AvgIpc) is 1.92. The van der Waals surface area contributed by atoms with Gasteiger partial charge in [0.25, 0.3) is 0 Å². The van der Waals surface area contributed by atoms with Crippen LogP contribution in [0.3, 0.4) is 0 Å². The lowest BCUT2D eigenvalue weighted by Crippen LogP contribution is -2.66. The first-order valence-corrected chi connectivity index (χ1v) is 4.53. The minimum atomic E-state index is 0.407. The molecule has 0 aliphatic carbocycles. The number of quaternary nitrogens is 1. The molecule has 2 aliphatic heterocycles. The number of carbonyl (C=O) groups excluding carboxylic acids is 1. The van der Waals surface area contributed by atoms with Crippen LogP contribution in [0.4, 0.5) is 0 Å². The van der Waals surface area contributed by atoms with Crippen LogP contribution in [0.2, 0.25) is 0 Å². The first kappa shape index (κ1) is 8.20. The van der Waals surface area contributed by atoms with Crippen molar-refractivity contribution in [2.24, 2.45) is 0 Å². The Bertz CT molecular complexity index is 195. The van der Waals surface area contributed by atoms with Gasteiger partial charge in [-0.1, -0.05) is 0 Å². The van der Waals surface area contributed by atoms with Gasteiger partial charge in [0.15, 0.2) is 0 Å². The van der Waals surface area contributed by atoms with Crippen LogP contribution in [0.1, 0.15) is 12.8 Å². The lowest BCUT2D eigenvalue weighted by molar-refractivity contribution is -0.948. The van der Waals surface area contributed by atoms with Gasteiger partial charge in [0, 0.05) is 0 Å². The third-order valence-electron chi connectivity index (χ3n) is 3.43. The number of ether oxygens (including phenoxy) is 1. The molecular weight excluding hydrogens is 154 g/mol. The number of hydrogen-bond acceptors (Lipinski definition) is 2. The molecule has 2 rings (SSSR count). The molecule has 2 aliphatic rings. The van der Waals surface area contributed by atoms with Gasteiger partial charge in [-0.15, -0.1) is 0 Å². The van der Waals surface area contributed by atoms with Crippen LogP contribution >= 0.6 is 0 Å². The standard InChI is InChI=1S/C9H16NO2/c1-10(2)7-3-9(11)4-8(10)6-12-5-7/h7-8H,3-6H2,1-2H3/q+1/t7-,8-/m1/s1. The summed E-state index contributed by atoms with van der Waals surface area (Å²) in [5.74, 6) is 0.422. The van der Waals surface area contributed by atoms with Crippen LogP contribution < -0.4 is 0 Å². The summed E-state index contributed by atoms with van der Waals surface area (Å²) in [6.07, 6.45) is 1.42. The molecule has 0 unspecified atom stereocenters. The van der Waals surface area contributed by atoms with E-state index in [4.69, 9.17) is 4.74 Å². The highest BCUT2D eigenvalue weighted by Crippen LogP contribution is 2.29. The van der Waals surface area contributed by atoms with E-state index >= 15 is 0 Å². The van der Waals surface area contributed by atoms with Crippen LogP contribution in [-0.4, -0.2) is 49.7 Å². The lowest BCUT2D eigenvalue weighted by atomic mass is 9.91. The third-order valence-corrected chi connectivity index (χ3v) is 3.43. The van der Waals surface area contributed by atoms with Crippen molar-refractivity contribution in [1.82, 2.24) is 0 Å². The summed E-state index contributed by atoms with van der Waals surface area (Å²) >= 11 is 0. The molecule has 0 aromatic carbocycles. The Kier molecular flexibility index (Phi) is 1.73. The van der Waals surface area contributed by atoms with Crippen LogP contribution in [-0.2, 0) is 9.53 Å². The topological polar surface area (TPSA) is 26.3 Å². The summed E-state index contributed by atoms with van der Waals surface area (Å²) in [5, 5.41) is 0. The molecule has 2 heterocycles. The number of ketones is 1. The molecule has 12 heavy (non-hydrogen) atoms. The van der Waals surface area contributed by atoms with Crippen molar-refractivity contribution in [3.05, 3.63) is 0 Å². The smallest absolute Gasteiger partial charge is 0.144 e. The van der Waals surface area contributed by atoms with E-state index in [2.05, 4.69) is 14.1 Å². The van der Waals surface area contributed by atoms with E-state index in [0.29, 0.717) is 30.7 Å². The fraction of sp³-hybridized carbons (Fsp3) is 0.889. The van der Waals surface area contributed by atoms with Crippen molar-refractivity contribution in [2.75, 3.05) is 27.3 Å². The Hall–Kier alpha value is -0.410. The van der Waals surface area contributed by atoms with Crippen LogP contribution in [0.15, 0.2) is 0 Å². The van der Waals surface area contributed by atoms with E-state index in [9.17, 15) is 4.79 Å². The molecule has 0 saturated carbocycles. The van der Waals surface area contributed by atoms with Gasteiger partial charge in [0.1, 0.15) is 17.9 Å². The molecular formula is C9H16NO2+. The zero-order chi connectivity index (χ0) is 8.77. The Labute approximate surface area is 72.9 Å². The summed E-state index contributed by atoms with van der Waals surface area (Å²) in [7, 11) is 4.43. The van der Waals surface area contributed by atoms with Gasteiger partial charge in [-0.25, -0.2) is 0 Å². The van der Waals surface area contributed by atoms with E-state index < -0.39 is 0 Å². The quantitative estimate of drug-likeness (QED) is 0.485. The summed E-state index contributed by atoms with van der Waals surface area (Å²) < 4.78 is 6.43. The molecule has 0 aromatic heterocycles. The van der Waals surface area contributed by atoms with E-state index in [1.165, 1.54) is 0 Å². The molecule has 68 valence electrons. The second kappa shape index (κ2) is 2.54. The number of carbonyl (C=O) groups is 1. The second-order valence-corrected chi connectivity index (χ2v) is 4.42.